The lowest BCUT2D eigenvalue weighted by atomic mass is 9.79. The molecule has 1 unspecified atom stereocenters. The third-order valence-corrected chi connectivity index (χ3v) is 2.89. The Bertz CT molecular complexity index is 414. The Morgan fingerprint density at radius 1 is 1.24 bits per heavy atom. The molecule has 0 aromatic heterocycles. The fourth-order valence-electron chi connectivity index (χ4n) is 1.57. The maximum atomic E-state index is 11.7. The Hall–Kier alpha value is -1.84. The van der Waals surface area contributed by atoms with Crippen molar-refractivity contribution >= 4 is 11.9 Å². The van der Waals surface area contributed by atoms with Gasteiger partial charge in [0.05, 0.1) is 5.41 Å². The van der Waals surface area contributed by atoms with E-state index >= 15 is 0 Å². The molecule has 0 heterocycles. The first-order chi connectivity index (χ1) is 7.88. The van der Waals surface area contributed by atoms with E-state index in [1.165, 1.54) is 4.90 Å². The number of carbonyl (C=O) groups excluding carboxylic acids is 1. The van der Waals surface area contributed by atoms with Gasteiger partial charge in [0.1, 0.15) is 0 Å². The maximum absolute atomic E-state index is 11.7. The van der Waals surface area contributed by atoms with Crippen LogP contribution in [-0.4, -0.2) is 36.0 Å². The third kappa shape index (κ3) is 2.84. The van der Waals surface area contributed by atoms with Crippen molar-refractivity contribution in [2.24, 2.45) is 0 Å². The molecule has 1 aromatic rings. The summed E-state index contributed by atoms with van der Waals surface area (Å²) in [5, 5.41) is 9.35. The second-order valence-electron chi connectivity index (χ2n) is 4.47. The lowest BCUT2D eigenvalue weighted by molar-refractivity contribution is -0.147. The fraction of sp³-hybridized carbons (Fsp3) is 0.385. The number of hydrogen-bond donors (Lipinski definition) is 1. The number of nitrogens with zero attached hydrogens (tertiary/aromatic N) is 1. The van der Waals surface area contributed by atoms with Gasteiger partial charge in [-0.15, -0.1) is 0 Å². The van der Waals surface area contributed by atoms with Crippen LogP contribution in [0.3, 0.4) is 0 Å². The Morgan fingerprint density at radius 2 is 1.76 bits per heavy atom. The van der Waals surface area contributed by atoms with Crippen LogP contribution in [-0.2, 0) is 15.0 Å². The molecule has 1 amide bonds. The average molecular weight is 235 g/mol. The summed E-state index contributed by atoms with van der Waals surface area (Å²) in [6.07, 6.45) is -0.0423. The zero-order chi connectivity index (χ0) is 13.1. The van der Waals surface area contributed by atoms with Gasteiger partial charge >= 0.3 is 5.97 Å². The van der Waals surface area contributed by atoms with Crippen LogP contribution in [0.15, 0.2) is 30.3 Å². The summed E-state index contributed by atoms with van der Waals surface area (Å²) in [5.74, 6) is -1.18. The van der Waals surface area contributed by atoms with Crippen LogP contribution in [0.1, 0.15) is 18.9 Å². The molecular weight excluding hydrogens is 218 g/mol. The van der Waals surface area contributed by atoms with Crippen LogP contribution in [0, 0.1) is 0 Å². The van der Waals surface area contributed by atoms with Gasteiger partial charge in [-0.3, -0.25) is 9.59 Å². The van der Waals surface area contributed by atoms with Crippen molar-refractivity contribution in [3.05, 3.63) is 35.9 Å². The third-order valence-electron chi connectivity index (χ3n) is 2.89. The Balaban J connectivity index is 3.07. The summed E-state index contributed by atoms with van der Waals surface area (Å²) < 4.78 is 0. The van der Waals surface area contributed by atoms with Crippen LogP contribution >= 0.6 is 0 Å². The molecule has 1 rings (SSSR count). The first-order valence-corrected chi connectivity index (χ1v) is 5.37. The number of hydrogen-bond acceptors (Lipinski definition) is 2. The molecule has 17 heavy (non-hydrogen) atoms. The van der Waals surface area contributed by atoms with Gasteiger partial charge in [0.25, 0.3) is 0 Å². The quantitative estimate of drug-likeness (QED) is 0.860. The van der Waals surface area contributed by atoms with Gasteiger partial charge < -0.3 is 10.0 Å². The molecule has 0 saturated heterocycles. The van der Waals surface area contributed by atoms with Crippen LogP contribution in [0.2, 0.25) is 0 Å². The van der Waals surface area contributed by atoms with Gasteiger partial charge in [0.2, 0.25) is 5.91 Å². The predicted octanol–water partition coefficient (Wildman–Crippen LogP) is 1.51. The van der Waals surface area contributed by atoms with Gasteiger partial charge in [0, 0.05) is 20.5 Å². The van der Waals surface area contributed by atoms with Crippen molar-refractivity contribution in [2.75, 3.05) is 14.1 Å². The fourth-order valence-corrected chi connectivity index (χ4v) is 1.57. The number of carboxylic acids is 1. The SMILES string of the molecule is CN(C)C(=O)CC(C)(C(=O)O)c1ccccc1. The first kappa shape index (κ1) is 13.2. The monoisotopic (exact) mass is 235 g/mol. The van der Waals surface area contributed by atoms with Gasteiger partial charge in [0.15, 0.2) is 0 Å². The minimum absolute atomic E-state index is 0.0423. The predicted molar refractivity (Wildman–Crippen MR) is 64.7 cm³/mol. The topological polar surface area (TPSA) is 57.6 Å². The smallest absolute Gasteiger partial charge is 0.314 e. The summed E-state index contributed by atoms with van der Waals surface area (Å²) in [7, 11) is 3.24. The molecule has 1 N–H and O–H groups in total. The van der Waals surface area contributed by atoms with Crippen molar-refractivity contribution in [3.63, 3.8) is 0 Å². The lowest BCUT2D eigenvalue weighted by Gasteiger charge is -2.26. The highest BCUT2D eigenvalue weighted by Gasteiger charge is 2.37. The Kier molecular flexibility index (Phi) is 3.89. The number of carboxylic acid groups (broad SMARTS) is 1. The van der Waals surface area contributed by atoms with Crippen molar-refractivity contribution in [1.29, 1.82) is 0 Å². The normalized spacial score (nSPS) is 13.8. The first-order valence-electron chi connectivity index (χ1n) is 5.37. The van der Waals surface area contributed by atoms with Crippen LogP contribution in [0.5, 0.6) is 0 Å². The van der Waals surface area contributed by atoms with E-state index in [-0.39, 0.29) is 12.3 Å². The highest BCUT2D eigenvalue weighted by atomic mass is 16.4. The molecule has 0 aliphatic carbocycles. The number of benzene rings is 1. The number of carbonyl (C=O) groups is 2. The van der Waals surface area contributed by atoms with Crippen molar-refractivity contribution < 1.29 is 14.7 Å². The molecule has 4 nitrogen and oxygen atoms in total. The summed E-state index contributed by atoms with van der Waals surface area (Å²) in [5.41, 5.74) is -0.537. The highest BCUT2D eigenvalue weighted by molar-refractivity contribution is 5.88. The van der Waals surface area contributed by atoms with E-state index < -0.39 is 11.4 Å². The molecule has 4 heteroatoms. The maximum Gasteiger partial charge on any atom is 0.314 e. The zero-order valence-electron chi connectivity index (χ0n) is 10.3. The van der Waals surface area contributed by atoms with E-state index in [0.29, 0.717) is 5.56 Å². The second-order valence-corrected chi connectivity index (χ2v) is 4.47. The molecular formula is C13H17NO3. The molecule has 1 aromatic carbocycles. The molecule has 0 saturated carbocycles. The Labute approximate surface area is 101 Å². The second kappa shape index (κ2) is 4.99. The summed E-state index contributed by atoms with van der Waals surface area (Å²) in [6, 6.07) is 8.83. The van der Waals surface area contributed by atoms with E-state index in [0.717, 1.165) is 0 Å². The molecule has 0 spiro atoms. The van der Waals surface area contributed by atoms with E-state index in [9.17, 15) is 14.7 Å². The summed E-state index contributed by atoms with van der Waals surface area (Å²) >= 11 is 0. The molecule has 92 valence electrons. The molecule has 0 radical (unpaired) electrons. The van der Waals surface area contributed by atoms with Gasteiger partial charge in [-0.05, 0) is 12.5 Å². The van der Waals surface area contributed by atoms with E-state index in [4.69, 9.17) is 0 Å². The van der Waals surface area contributed by atoms with Crippen molar-refractivity contribution in [3.8, 4) is 0 Å². The summed E-state index contributed by atoms with van der Waals surface area (Å²) in [6.45, 7) is 1.58. The van der Waals surface area contributed by atoms with Crippen molar-refractivity contribution in [1.82, 2.24) is 4.90 Å². The number of aliphatic carboxylic acids is 1. The minimum Gasteiger partial charge on any atom is -0.481 e. The largest absolute Gasteiger partial charge is 0.481 e. The van der Waals surface area contributed by atoms with E-state index in [1.807, 2.05) is 6.07 Å². The van der Waals surface area contributed by atoms with Crippen molar-refractivity contribution in [2.45, 2.75) is 18.8 Å². The summed E-state index contributed by atoms with van der Waals surface area (Å²) in [4.78, 5) is 24.5. The van der Waals surface area contributed by atoms with Gasteiger partial charge in [-0.1, -0.05) is 30.3 Å². The van der Waals surface area contributed by atoms with E-state index in [1.54, 1.807) is 45.3 Å². The molecule has 0 bridgehead atoms. The molecule has 0 aliphatic heterocycles. The standard InChI is InChI=1S/C13H17NO3/c1-13(12(16)17,9-11(15)14(2)3)10-7-5-4-6-8-10/h4-8H,9H2,1-3H3,(H,16,17). The number of amides is 1. The lowest BCUT2D eigenvalue weighted by Crippen LogP contribution is -2.38. The molecule has 0 aliphatic rings. The zero-order valence-corrected chi connectivity index (χ0v) is 10.3. The van der Waals surface area contributed by atoms with Gasteiger partial charge in [-0.25, -0.2) is 0 Å². The van der Waals surface area contributed by atoms with E-state index in [2.05, 4.69) is 0 Å². The Morgan fingerprint density at radius 3 is 2.18 bits per heavy atom. The van der Waals surface area contributed by atoms with Gasteiger partial charge in [-0.2, -0.15) is 0 Å². The molecule has 0 fully saturated rings. The van der Waals surface area contributed by atoms with Crippen LogP contribution in [0.4, 0.5) is 0 Å². The van der Waals surface area contributed by atoms with Crippen LogP contribution < -0.4 is 0 Å². The highest BCUT2D eigenvalue weighted by Crippen LogP contribution is 2.28. The van der Waals surface area contributed by atoms with Crippen LogP contribution in [0.25, 0.3) is 0 Å². The minimum atomic E-state index is -1.18. The number of rotatable bonds is 4. The average Bonchev–Trinajstić information content (AvgIpc) is 2.29. The molecule has 1 atom stereocenters.